The van der Waals surface area contributed by atoms with Gasteiger partial charge in [0.1, 0.15) is 5.75 Å². The molecule has 3 rings (SSSR count). The van der Waals surface area contributed by atoms with Crippen molar-refractivity contribution in [2.24, 2.45) is 11.8 Å². The van der Waals surface area contributed by atoms with Crippen LogP contribution in [0.4, 0.5) is 6.01 Å². The first-order valence-electron chi connectivity index (χ1n) is 11.5. The number of nitrogens with zero attached hydrogens (tertiary/aromatic N) is 3. The number of hydrogen-bond donors (Lipinski definition) is 1. The van der Waals surface area contributed by atoms with Gasteiger partial charge in [0.25, 0.3) is 5.91 Å². The molecule has 0 aliphatic rings. The van der Waals surface area contributed by atoms with Crippen molar-refractivity contribution in [3.8, 4) is 5.75 Å². The second kappa shape index (κ2) is 11.5. The third-order valence-electron chi connectivity index (χ3n) is 5.09. The summed E-state index contributed by atoms with van der Waals surface area (Å²) in [4.78, 5) is 12.8. The summed E-state index contributed by atoms with van der Waals surface area (Å²) < 4.78 is 38.5. The fraction of sp³-hybridized carbons (Fsp3) is 0.400. The van der Waals surface area contributed by atoms with Gasteiger partial charge in [0.05, 0.1) is 18.4 Å². The molecule has 188 valence electrons. The average molecular weight is 501 g/mol. The van der Waals surface area contributed by atoms with Gasteiger partial charge in [0.2, 0.25) is 15.9 Å². The molecule has 0 aliphatic carbocycles. The van der Waals surface area contributed by atoms with Gasteiger partial charge in [0, 0.05) is 18.7 Å². The van der Waals surface area contributed by atoms with Gasteiger partial charge in [-0.1, -0.05) is 44.9 Å². The van der Waals surface area contributed by atoms with Crippen molar-refractivity contribution in [1.29, 1.82) is 0 Å². The molecule has 0 unspecified atom stereocenters. The van der Waals surface area contributed by atoms with E-state index in [1.165, 1.54) is 28.6 Å². The standard InChI is InChI=1S/C25H32N4O5S/c1-17(2)15-29(16-18(3)4)35(31,32)22-12-8-20(9-13-22)24(30)26-25-28-27-23(34-25)14-19-6-10-21(33-5)11-7-19/h6-13,17-18H,14-16H2,1-5H3,(H,26,28,30). The number of anilines is 1. The van der Waals surface area contributed by atoms with Crippen LogP contribution in [0.5, 0.6) is 5.75 Å². The van der Waals surface area contributed by atoms with Gasteiger partial charge in [-0.15, -0.1) is 5.10 Å². The smallest absolute Gasteiger partial charge is 0.322 e. The third kappa shape index (κ3) is 7.12. The van der Waals surface area contributed by atoms with E-state index in [2.05, 4.69) is 15.5 Å². The maximum atomic E-state index is 13.1. The molecule has 0 spiro atoms. The van der Waals surface area contributed by atoms with Crippen LogP contribution in [0.25, 0.3) is 0 Å². The van der Waals surface area contributed by atoms with Crippen LogP contribution in [0, 0.1) is 11.8 Å². The highest BCUT2D eigenvalue weighted by molar-refractivity contribution is 7.89. The van der Waals surface area contributed by atoms with Gasteiger partial charge < -0.3 is 9.15 Å². The largest absolute Gasteiger partial charge is 0.497 e. The Bertz CT molecular complexity index is 1210. The molecule has 3 aromatic rings. The van der Waals surface area contributed by atoms with Crippen molar-refractivity contribution in [3.63, 3.8) is 0 Å². The predicted octanol–water partition coefficient (Wildman–Crippen LogP) is 4.22. The van der Waals surface area contributed by atoms with Crippen molar-refractivity contribution in [1.82, 2.24) is 14.5 Å². The highest BCUT2D eigenvalue weighted by Crippen LogP contribution is 2.20. The summed E-state index contributed by atoms with van der Waals surface area (Å²) in [5.74, 6) is 1.01. The van der Waals surface area contributed by atoms with Crippen molar-refractivity contribution < 1.29 is 22.4 Å². The lowest BCUT2D eigenvalue weighted by Gasteiger charge is -2.25. The molecule has 0 atom stereocenters. The Balaban J connectivity index is 1.66. The van der Waals surface area contributed by atoms with Crippen molar-refractivity contribution in [2.45, 2.75) is 39.0 Å². The molecule has 1 N–H and O–H groups in total. The molecule has 9 nitrogen and oxygen atoms in total. The van der Waals surface area contributed by atoms with Gasteiger partial charge in [-0.2, -0.15) is 4.31 Å². The molecule has 2 aromatic carbocycles. The Kier molecular flexibility index (Phi) is 8.63. The number of amides is 1. The van der Waals surface area contributed by atoms with Crippen LogP contribution in [0.2, 0.25) is 0 Å². The molecule has 0 saturated carbocycles. The van der Waals surface area contributed by atoms with Crippen molar-refractivity contribution >= 4 is 21.9 Å². The summed E-state index contributed by atoms with van der Waals surface area (Å²) in [6.45, 7) is 8.79. The minimum absolute atomic E-state index is 0.0322. The lowest BCUT2D eigenvalue weighted by Crippen LogP contribution is -2.37. The van der Waals surface area contributed by atoms with E-state index in [0.29, 0.717) is 25.4 Å². The summed E-state index contributed by atoms with van der Waals surface area (Å²) in [6.07, 6.45) is 0.405. The van der Waals surface area contributed by atoms with Crippen LogP contribution >= 0.6 is 0 Å². The molecule has 1 aromatic heterocycles. The molecule has 1 heterocycles. The first-order chi connectivity index (χ1) is 16.6. The zero-order chi connectivity index (χ0) is 25.6. The summed E-state index contributed by atoms with van der Waals surface area (Å²) >= 11 is 0. The molecule has 10 heteroatoms. The number of hydrogen-bond acceptors (Lipinski definition) is 7. The maximum absolute atomic E-state index is 13.1. The van der Waals surface area contributed by atoms with E-state index in [1.54, 1.807) is 7.11 Å². The number of carbonyl (C=O) groups excluding carboxylic acids is 1. The highest BCUT2D eigenvalue weighted by Gasteiger charge is 2.26. The number of sulfonamides is 1. The number of methoxy groups -OCH3 is 1. The molecule has 1 amide bonds. The van der Waals surface area contributed by atoms with Crippen LogP contribution in [0.1, 0.15) is 49.5 Å². The fourth-order valence-corrected chi connectivity index (χ4v) is 5.24. The van der Waals surface area contributed by atoms with E-state index in [0.717, 1.165) is 11.3 Å². The normalized spacial score (nSPS) is 11.9. The van der Waals surface area contributed by atoms with E-state index in [1.807, 2.05) is 52.0 Å². The number of benzene rings is 2. The van der Waals surface area contributed by atoms with Crippen molar-refractivity contribution in [2.75, 3.05) is 25.5 Å². The minimum Gasteiger partial charge on any atom is -0.497 e. The monoisotopic (exact) mass is 500 g/mol. The topological polar surface area (TPSA) is 115 Å². The summed E-state index contributed by atoms with van der Waals surface area (Å²) in [7, 11) is -2.07. The van der Waals surface area contributed by atoms with Crippen LogP contribution in [-0.4, -0.2) is 49.0 Å². The summed E-state index contributed by atoms with van der Waals surface area (Å²) in [6, 6.07) is 13.3. The lowest BCUT2D eigenvalue weighted by atomic mass is 10.1. The average Bonchev–Trinajstić information content (AvgIpc) is 3.25. The van der Waals surface area contributed by atoms with Crippen LogP contribution < -0.4 is 10.1 Å². The zero-order valence-corrected chi connectivity index (χ0v) is 21.5. The highest BCUT2D eigenvalue weighted by atomic mass is 32.2. The Labute approximate surface area is 206 Å². The number of aromatic nitrogens is 2. The Hall–Kier alpha value is -3.24. The van der Waals surface area contributed by atoms with E-state index in [9.17, 15) is 13.2 Å². The zero-order valence-electron chi connectivity index (χ0n) is 20.7. The van der Waals surface area contributed by atoms with E-state index in [-0.39, 0.29) is 28.3 Å². The second-order valence-corrected chi connectivity index (χ2v) is 11.1. The van der Waals surface area contributed by atoms with Crippen LogP contribution in [0.3, 0.4) is 0 Å². The molecule has 0 fully saturated rings. The first kappa shape index (κ1) is 26.4. The fourth-order valence-electron chi connectivity index (χ4n) is 3.48. The molecule has 35 heavy (non-hydrogen) atoms. The van der Waals surface area contributed by atoms with Crippen LogP contribution in [0.15, 0.2) is 57.8 Å². The molecular formula is C25H32N4O5S. The minimum atomic E-state index is -3.67. The quantitative estimate of drug-likeness (QED) is 0.419. The number of carbonyl (C=O) groups is 1. The molecule has 0 radical (unpaired) electrons. The maximum Gasteiger partial charge on any atom is 0.322 e. The van der Waals surface area contributed by atoms with Gasteiger partial charge >= 0.3 is 6.01 Å². The summed E-state index contributed by atoms with van der Waals surface area (Å²) in [5.41, 5.74) is 1.23. The van der Waals surface area contributed by atoms with Gasteiger partial charge in [-0.3, -0.25) is 10.1 Å². The number of ether oxygens (including phenoxy) is 1. The van der Waals surface area contributed by atoms with E-state index in [4.69, 9.17) is 9.15 Å². The lowest BCUT2D eigenvalue weighted by molar-refractivity contribution is 0.102. The predicted molar refractivity (Wildman–Crippen MR) is 133 cm³/mol. The van der Waals surface area contributed by atoms with Crippen LogP contribution in [-0.2, 0) is 16.4 Å². The Morgan fingerprint density at radius 2 is 1.57 bits per heavy atom. The Morgan fingerprint density at radius 1 is 0.971 bits per heavy atom. The van der Waals surface area contributed by atoms with Gasteiger partial charge in [-0.05, 0) is 53.8 Å². The molecular weight excluding hydrogens is 468 g/mol. The second-order valence-electron chi connectivity index (χ2n) is 9.11. The molecule has 0 aliphatic heterocycles. The van der Waals surface area contributed by atoms with Gasteiger partial charge in [-0.25, -0.2) is 8.42 Å². The number of nitrogens with one attached hydrogen (secondary N) is 1. The first-order valence-corrected chi connectivity index (χ1v) is 12.9. The van der Waals surface area contributed by atoms with E-state index < -0.39 is 15.9 Å². The molecule has 0 bridgehead atoms. The number of rotatable bonds is 11. The molecule has 0 saturated heterocycles. The van der Waals surface area contributed by atoms with E-state index >= 15 is 0 Å². The summed E-state index contributed by atoms with van der Waals surface area (Å²) in [5, 5.41) is 10.4. The van der Waals surface area contributed by atoms with Gasteiger partial charge in [0.15, 0.2) is 0 Å². The third-order valence-corrected chi connectivity index (χ3v) is 6.94. The van der Waals surface area contributed by atoms with Crippen molar-refractivity contribution in [3.05, 3.63) is 65.5 Å². The SMILES string of the molecule is COc1ccc(Cc2nnc(NC(=O)c3ccc(S(=O)(=O)N(CC(C)C)CC(C)C)cc3)o2)cc1. The Morgan fingerprint density at radius 3 is 2.11 bits per heavy atom.